The quantitative estimate of drug-likeness (QED) is 0.415. The van der Waals surface area contributed by atoms with Crippen molar-refractivity contribution in [2.45, 2.75) is 19.0 Å². The first kappa shape index (κ1) is 21.5. The minimum atomic E-state index is -0.553. The second kappa shape index (κ2) is 9.15. The Morgan fingerprint density at radius 2 is 1.97 bits per heavy atom. The molecule has 1 amide bonds. The van der Waals surface area contributed by atoms with E-state index < -0.39 is 6.04 Å². The Labute approximate surface area is 184 Å². The van der Waals surface area contributed by atoms with Crippen molar-refractivity contribution >= 4 is 22.5 Å². The summed E-state index contributed by atoms with van der Waals surface area (Å²) in [6, 6.07) is 12.7. The second-order valence-electron chi connectivity index (χ2n) is 7.77. The summed E-state index contributed by atoms with van der Waals surface area (Å²) in [5, 5.41) is 21.3. The van der Waals surface area contributed by atoms with Gasteiger partial charge in [-0.15, -0.1) is 0 Å². The molecule has 8 heteroatoms. The fraction of sp³-hybridized carbons (Fsp3) is 0.208. The summed E-state index contributed by atoms with van der Waals surface area (Å²) in [7, 11) is 1.79. The summed E-state index contributed by atoms with van der Waals surface area (Å²) in [6.07, 6.45) is 5.17. The van der Waals surface area contributed by atoms with Gasteiger partial charge < -0.3 is 15.7 Å². The maximum atomic E-state index is 13.9. The van der Waals surface area contributed by atoms with Crippen molar-refractivity contribution in [2.24, 2.45) is 7.05 Å². The van der Waals surface area contributed by atoms with E-state index in [1.807, 2.05) is 19.1 Å². The average Bonchev–Trinajstić information content (AvgIpc) is 3.22. The zero-order chi connectivity index (χ0) is 22.7. The molecule has 32 heavy (non-hydrogen) atoms. The molecule has 0 radical (unpaired) electrons. The predicted molar refractivity (Wildman–Crippen MR) is 121 cm³/mol. The van der Waals surface area contributed by atoms with E-state index in [9.17, 15) is 14.3 Å². The number of carbonyl (C=O) groups excluding carboxylic acids is 1. The predicted octanol–water partition coefficient (Wildman–Crippen LogP) is 3.42. The normalized spacial score (nSPS) is 13.0. The highest BCUT2D eigenvalue weighted by Gasteiger charge is 2.20. The summed E-state index contributed by atoms with van der Waals surface area (Å²) < 4.78 is 15.5. The van der Waals surface area contributed by atoms with Crippen LogP contribution in [0.3, 0.4) is 0 Å². The second-order valence-corrected chi connectivity index (χ2v) is 7.77. The molecule has 0 aliphatic heterocycles. The fourth-order valence-electron chi connectivity index (χ4n) is 3.51. The zero-order valence-electron chi connectivity index (χ0n) is 17.8. The molecule has 0 saturated carbocycles. The number of halogens is 1. The highest BCUT2D eigenvalue weighted by Crippen LogP contribution is 2.24. The molecule has 2 heterocycles. The number of fused-ring (bicyclic) bond motifs is 1. The third kappa shape index (κ3) is 4.76. The number of hydrogen-bond acceptors (Lipinski definition) is 5. The molecule has 0 bridgehead atoms. The van der Waals surface area contributed by atoms with Crippen molar-refractivity contribution in [3.05, 3.63) is 89.6 Å². The van der Waals surface area contributed by atoms with Gasteiger partial charge >= 0.3 is 0 Å². The van der Waals surface area contributed by atoms with Crippen LogP contribution in [0.25, 0.3) is 10.8 Å². The minimum absolute atomic E-state index is 0.0159. The summed E-state index contributed by atoms with van der Waals surface area (Å²) >= 11 is 0. The number of nitrogens with one attached hydrogen (secondary N) is 2. The van der Waals surface area contributed by atoms with Gasteiger partial charge in [0.1, 0.15) is 11.6 Å². The van der Waals surface area contributed by atoms with E-state index in [1.54, 1.807) is 54.6 Å². The summed E-state index contributed by atoms with van der Waals surface area (Å²) in [5.74, 6) is -0.0503. The fourth-order valence-corrected chi connectivity index (χ4v) is 3.51. The first-order valence-electron chi connectivity index (χ1n) is 10.2. The maximum absolute atomic E-state index is 13.9. The van der Waals surface area contributed by atoms with Gasteiger partial charge in [-0.2, -0.15) is 5.10 Å². The molecule has 4 aromatic rings. The number of aliphatic hydroxyl groups excluding tert-OH is 1. The molecule has 2 aromatic carbocycles. The first-order chi connectivity index (χ1) is 15.4. The summed E-state index contributed by atoms with van der Waals surface area (Å²) in [6.45, 7) is 1.83. The van der Waals surface area contributed by atoms with Gasteiger partial charge in [0, 0.05) is 42.0 Å². The number of aliphatic hydroxyl groups is 1. The molecule has 164 valence electrons. The van der Waals surface area contributed by atoms with Crippen LogP contribution in [0.1, 0.15) is 34.5 Å². The molecular weight excluding hydrogens is 409 g/mol. The van der Waals surface area contributed by atoms with E-state index in [4.69, 9.17) is 0 Å². The molecule has 2 unspecified atom stereocenters. The largest absolute Gasteiger partial charge is 0.394 e. The third-order valence-corrected chi connectivity index (χ3v) is 5.17. The van der Waals surface area contributed by atoms with E-state index in [-0.39, 0.29) is 24.4 Å². The molecule has 0 fully saturated rings. The van der Waals surface area contributed by atoms with Crippen LogP contribution < -0.4 is 10.6 Å². The number of aromatic nitrogens is 3. The first-order valence-corrected chi connectivity index (χ1v) is 10.2. The standard InChI is InChI=1S/C24H24FN5O2/c1-15(14-31)28-22-10-19-8-17(6-7-18(19)11-26-22)24(32)29-23(20-12-27-30(2)13-20)16-4-3-5-21(25)9-16/h3-13,15,23,31H,14H2,1-2H3,(H,26,28)(H,29,32). The van der Waals surface area contributed by atoms with Gasteiger partial charge in [-0.25, -0.2) is 9.37 Å². The molecular formula is C24H24FN5O2. The van der Waals surface area contributed by atoms with Gasteiger partial charge in [0.2, 0.25) is 0 Å². The topological polar surface area (TPSA) is 92.1 Å². The van der Waals surface area contributed by atoms with Crippen LogP contribution in [0, 0.1) is 5.82 Å². The highest BCUT2D eigenvalue weighted by molar-refractivity contribution is 5.99. The molecule has 7 nitrogen and oxygen atoms in total. The molecule has 0 spiro atoms. The van der Waals surface area contributed by atoms with Crippen molar-refractivity contribution in [3.63, 3.8) is 0 Å². The molecule has 3 N–H and O–H groups in total. The lowest BCUT2D eigenvalue weighted by Gasteiger charge is -2.18. The van der Waals surface area contributed by atoms with Crippen molar-refractivity contribution in [2.75, 3.05) is 11.9 Å². The van der Waals surface area contributed by atoms with E-state index >= 15 is 0 Å². The van der Waals surface area contributed by atoms with Gasteiger partial charge in [-0.05, 0) is 48.2 Å². The van der Waals surface area contributed by atoms with Crippen LogP contribution >= 0.6 is 0 Å². The SMILES string of the molecule is CC(CO)Nc1cc2cc(C(=O)NC(c3cccc(F)c3)c3cnn(C)c3)ccc2cn1. The van der Waals surface area contributed by atoms with Gasteiger partial charge in [0.15, 0.2) is 0 Å². The van der Waals surface area contributed by atoms with Crippen LogP contribution in [0.4, 0.5) is 10.2 Å². The minimum Gasteiger partial charge on any atom is -0.394 e. The highest BCUT2D eigenvalue weighted by atomic mass is 19.1. The Bertz CT molecular complexity index is 1260. The Hall–Kier alpha value is -3.78. The van der Waals surface area contributed by atoms with E-state index in [1.165, 1.54) is 12.1 Å². The van der Waals surface area contributed by atoms with Crippen molar-refractivity contribution in [3.8, 4) is 0 Å². The number of benzene rings is 2. The number of carbonyl (C=O) groups is 1. The Morgan fingerprint density at radius 1 is 1.12 bits per heavy atom. The van der Waals surface area contributed by atoms with E-state index in [0.717, 1.165) is 16.3 Å². The van der Waals surface area contributed by atoms with Gasteiger partial charge in [0.25, 0.3) is 5.91 Å². The number of nitrogens with zero attached hydrogens (tertiary/aromatic N) is 3. The lowest BCUT2D eigenvalue weighted by molar-refractivity contribution is 0.0943. The van der Waals surface area contributed by atoms with Crippen LogP contribution in [-0.4, -0.2) is 38.4 Å². The molecule has 0 saturated heterocycles. The number of aryl methyl sites for hydroxylation is 1. The van der Waals surface area contributed by atoms with Crippen molar-refractivity contribution < 1.29 is 14.3 Å². The molecule has 2 aromatic heterocycles. The van der Waals surface area contributed by atoms with Crippen molar-refractivity contribution in [1.29, 1.82) is 0 Å². The van der Waals surface area contributed by atoms with Crippen LogP contribution in [-0.2, 0) is 7.05 Å². The Balaban J connectivity index is 1.64. The zero-order valence-corrected chi connectivity index (χ0v) is 17.8. The van der Waals surface area contributed by atoms with Gasteiger partial charge in [-0.3, -0.25) is 9.48 Å². The number of hydrogen-bond donors (Lipinski definition) is 3. The summed E-state index contributed by atoms with van der Waals surface area (Å²) in [4.78, 5) is 17.5. The van der Waals surface area contributed by atoms with Crippen molar-refractivity contribution in [1.82, 2.24) is 20.1 Å². The van der Waals surface area contributed by atoms with Gasteiger partial charge in [-0.1, -0.05) is 18.2 Å². The van der Waals surface area contributed by atoms with E-state index in [2.05, 4.69) is 20.7 Å². The van der Waals surface area contributed by atoms with Crippen LogP contribution in [0.2, 0.25) is 0 Å². The molecule has 0 aliphatic rings. The lowest BCUT2D eigenvalue weighted by atomic mass is 10.0. The van der Waals surface area contributed by atoms with Crippen LogP contribution in [0.5, 0.6) is 0 Å². The monoisotopic (exact) mass is 433 g/mol. The Morgan fingerprint density at radius 3 is 2.69 bits per heavy atom. The maximum Gasteiger partial charge on any atom is 0.252 e. The van der Waals surface area contributed by atoms with Gasteiger partial charge in [0.05, 0.1) is 18.8 Å². The number of amides is 1. The molecule has 0 aliphatic carbocycles. The summed E-state index contributed by atoms with van der Waals surface area (Å²) in [5.41, 5.74) is 1.84. The third-order valence-electron chi connectivity index (χ3n) is 5.17. The molecule has 4 rings (SSSR count). The average molecular weight is 433 g/mol. The Kier molecular flexibility index (Phi) is 6.13. The molecule has 2 atom stereocenters. The smallest absolute Gasteiger partial charge is 0.252 e. The number of rotatable bonds is 7. The number of anilines is 1. The number of pyridine rings is 1. The van der Waals surface area contributed by atoms with Crippen LogP contribution in [0.15, 0.2) is 67.1 Å². The lowest BCUT2D eigenvalue weighted by Crippen LogP contribution is -2.29. The van der Waals surface area contributed by atoms with E-state index in [0.29, 0.717) is 16.9 Å².